The number of aryl methyl sites for hydroxylation is 1. The fraction of sp³-hybridized carbons (Fsp3) is 0.440. The highest BCUT2D eigenvalue weighted by Crippen LogP contribution is 2.36. The van der Waals surface area contributed by atoms with E-state index in [9.17, 15) is 13.2 Å². The Kier molecular flexibility index (Phi) is 6.78. The van der Waals surface area contributed by atoms with Crippen LogP contribution in [0.1, 0.15) is 35.7 Å². The topological polar surface area (TPSA) is 73.8 Å². The summed E-state index contributed by atoms with van der Waals surface area (Å²) in [6.45, 7) is 7.80. The van der Waals surface area contributed by atoms with Crippen molar-refractivity contribution in [2.24, 2.45) is 5.92 Å². The molecule has 0 saturated carbocycles. The summed E-state index contributed by atoms with van der Waals surface area (Å²) >= 11 is 7.95. The van der Waals surface area contributed by atoms with E-state index in [1.165, 1.54) is 0 Å². The van der Waals surface area contributed by atoms with Gasteiger partial charge in [-0.05, 0) is 61.6 Å². The lowest BCUT2D eigenvalue weighted by Crippen LogP contribution is -2.48. The minimum atomic E-state index is -3.52. The second kappa shape index (κ2) is 9.69. The Hall–Kier alpha value is -2.20. The number of fused-ring (bicyclic) bond motifs is 1. The maximum atomic E-state index is 13.1. The van der Waals surface area contributed by atoms with Crippen LogP contribution in [-0.4, -0.2) is 67.8 Å². The van der Waals surface area contributed by atoms with E-state index in [0.717, 1.165) is 33.8 Å². The number of aromatic nitrogens is 1. The molecule has 3 aromatic rings. The highest BCUT2D eigenvalue weighted by atomic mass is 35.5. The molecular weight excluding hydrogens is 504 g/mol. The molecule has 0 aliphatic carbocycles. The first-order valence-corrected chi connectivity index (χ1v) is 14.6. The Bertz CT molecular complexity index is 1300. The van der Waals surface area contributed by atoms with E-state index >= 15 is 0 Å². The predicted octanol–water partition coefficient (Wildman–Crippen LogP) is 4.64. The van der Waals surface area contributed by atoms with E-state index in [-0.39, 0.29) is 10.8 Å². The molecule has 186 valence electrons. The summed E-state index contributed by atoms with van der Waals surface area (Å²) in [5, 5.41) is 1.63. The molecule has 35 heavy (non-hydrogen) atoms. The van der Waals surface area contributed by atoms with Gasteiger partial charge in [0.15, 0.2) is 5.13 Å². The van der Waals surface area contributed by atoms with Crippen LogP contribution >= 0.6 is 22.9 Å². The second-order valence-electron chi connectivity index (χ2n) is 9.43. The van der Waals surface area contributed by atoms with Crippen molar-refractivity contribution in [1.82, 2.24) is 14.2 Å². The predicted molar refractivity (Wildman–Crippen MR) is 141 cm³/mol. The van der Waals surface area contributed by atoms with Crippen LogP contribution in [0.3, 0.4) is 0 Å². The number of carbonyl (C=O) groups excluding carboxylic acids is 1. The van der Waals surface area contributed by atoms with Gasteiger partial charge in [0.25, 0.3) is 5.91 Å². The number of hydrogen-bond acceptors (Lipinski definition) is 6. The Balaban J connectivity index is 1.23. The van der Waals surface area contributed by atoms with Gasteiger partial charge in [0.2, 0.25) is 10.0 Å². The Morgan fingerprint density at radius 2 is 1.66 bits per heavy atom. The minimum Gasteiger partial charge on any atom is -0.345 e. The van der Waals surface area contributed by atoms with Crippen LogP contribution < -0.4 is 4.90 Å². The van der Waals surface area contributed by atoms with Crippen molar-refractivity contribution >= 4 is 54.2 Å². The van der Waals surface area contributed by atoms with E-state index in [1.54, 1.807) is 39.9 Å². The first kappa shape index (κ1) is 24.5. The van der Waals surface area contributed by atoms with Crippen molar-refractivity contribution in [3.63, 3.8) is 0 Å². The van der Waals surface area contributed by atoms with Gasteiger partial charge in [0.05, 0.1) is 20.1 Å². The molecule has 2 saturated heterocycles. The first-order valence-electron chi connectivity index (χ1n) is 11.9. The average molecular weight is 533 g/mol. The summed E-state index contributed by atoms with van der Waals surface area (Å²) in [5.41, 5.74) is 2.54. The number of amides is 1. The molecule has 2 fully saturated rings. The third-order valence-electron chi connectivity index (χ3n) is 7.01. The lowest BCUT2D eigenvalue weighted by Gasteiger charge is -2.34. The molecule has 2 aliphatic rings. The number of thiazole rings is 1. The van der Waals surface area contributed by atoms with E-state index in [1.807, 2.05) is 24.0 Å². The standard InChI is InChI=1S/C25H29ClN4O3S2/c1-17-9-11-30(12-10-17)35(32,33)20-6-4-19(5-7-20)24(31)28-13-15-29(16-14-28)25-27-22-18(2)3-8-21(26)23(22)34-25/h3-8,17H,9-16H2,1-2H3. The summed E-state index contributed by atoms with van der Waals surface area (Å²) in [6, 6.07) is 10.3. The zero-order chi connectivity index (χ0) is 24.7. The number of rotatable bonds is 4. The molecule has 2 aromatic carbocycles. The molecule has 0 N–H and O–H groups in total. The second-order valence-corrected chi connectivity index (χ2v) is 12.8. The molecule has 0 spiro atoms. The van der Waals surface area contributed by atoms with Crippen LogP contribution in [-0.2, 0) is 10.0 Å². The summed E-state index contributed by atoms with van der Waals surface area (Å²) in [4.78, 5) is 22.1. The van der Waals surface area contributed by atoms with Crippen LogP contribution in [0.15, 0.2) is 41.3 Å². The molecule has 0 atom stereocenters. The zero-order valence-corrected chi connectivity index (χ0v) is 22.3. The van der Waals surface area contributed by atoms with E-state index in [4.69, 9.17) is 16.6 Å². The smallest absolute Gasteiger partial charge is 0.253 e. The van der Waals surface area contributed by atoms with Crippen LogP contribution in [0, 0.1) is 12.8 Å². The van der Waals surface area contributed by atoms with Gasteiger partial charge in [-0.3, -0.25) is 4.79 Å². The van der Waals surface area contributed by atoms with Gasteiger partial charge in [0, 0.05) is 44.8 Å². The number of hydrogen-bond donors (Lipinski definition) is 0. The van der Waals surface area contributed by atoms with Crippen molar-refractivity contribution in [2.75, 3.05) is 44.2 Å². The van der Waals surface area contributed by atoms with Crippen molar-refractivity contribution in [1.29, 1.82) is 0 Å². The third kappa shape index (κ3) is 4.79. The number of halogens is 1. The molecule has 7 nitrogen and oxygen atoms in total. The maximum absolute atomic E-state index is 13.1. The number of piperazine rings is 1. The summed E-state index contributed by atoms with van der Waals surface area (Å²) in [7, 11) is -3.52. The highest BCUT2D eigenvalue weighted by molar-refractivity contribution is 7.89. The number of anilines is 1. The van der Waals surface area contributed by atoms with Crippen molar-refractivity contribution in [2.45, 2.75) is 31.6 Å². The molecule has 1 aromatic heterocycles. The van der Waals surface area contributed by atoms with Gasteiger partial charge in [0.1, 0.15) is 0 Å². The Morgan fingerprint density at radius 1 is 1.00 bits per heavy atom. The van der Waals surface area contributed by atoms with Crippen molar-refractivity contribution in [3.8, 4) is 0 Å². The quantitative estimate of drug-likeness (QED) is 0.489. The molecule has 1 amide bonds. The van der Waals surface area contributed by atoms with Crippen LogP contribution in [0.25, 0.3) is 10.2 Å². The Labute approximate surface area is 215 Å². The summed E-state index contributed by atoms with van der Waals surface area (Å²) < 4.78 is 28.5. The number of carbonyl (C=O) groups is 1. The summed E-state index contributed by atoms with van der Waals surface area (Å²) in [6.07, 6.45) is 1.76. The van der Waals surface area contributed by atoms with E-state index in [2.05, 4.69) is 11.8 Å². The third-order valence-corrected chi connectivity index (χ3v) is 10.5. The normalized spacial score (nSPS) is 18.4. The number of benzene rings is 2. The molecule has 10 heteroatoms. The fourth-order valence-electron chi connectivity index (χ4n) is 4.65. The molecule has 5 rings (SSSR count). The SMILES string of the molecule is Cc1ccc(Cl)c2sc(N3CCN(C(=O)c4ccc(S(=O)(=O)N5CCC(C)CC5)cc4)CC3)nc12. The van der Waals surface area contributed by atoms with Gasteiger partial charge in [-0.25, -0.2) is 13.4 Å². The molecule has 0 radical (unpaired) electrons. The van der Waals surface area contributed by atoms with Crippen molar-refractivity contribution < 1.29 is 13.2 Å². The van der Waals surface area contributed by atoms with Gasteiger partial charge in [-0.2, -0.15) is 4.31 Å². The fourth-order valence-corrected chi connectivity index (χ4v) is 7.49. The van der Waals surface area contributed by atoms with Crippen LogP contribution in [0.2, 0.25) is 5.02 Å². The highest BCUT2D eigenvalue weighted by Gasteiger charge is 2.29. The summed E-state index contributed by atoms with van der Waals surface area (Å²) in [5.74, 6) is 0.474. The van der Waals surface area contributed by atoms with E-state index < -0.39 is 10.0 Å². The number of nitrogens with zero attached hydrogens (tertiary/aromatic N) is 4. The number of sulfonamides is 1. The van der Waals surface area contributed by atoms with Crippen molar-refractivity contribution in [3.05, 3.63) is 52.5 Å². The monoisotopic (exact) mass is 532 g/mol. The lowest BCUT2D eigenvalue weighted by molar-refractivity contribution is 0.0746. The minimum absolute atomic E-state index is 0.0800. The molecule has 0 bridgehead atoms. The molecule has 0 unspecified atom stereocenters. The van der Waals surface area contributed by atoms with Gasteiger partial charge in [-0.1, -0.05) is 35.9 Å². The molecule has 3 heterocycles. The largest absolute Gasteiger partial charge is 0.345 e. The number of piperidine rings is 1. The van der Waals surface area contributed by atoms with E-state index in [0.29, 0.717) is 55.8 Å². The zero-order valence-electron chi connectivity index (χ0n) is 19.9. The lowest BCUT2D eigenvalue weighted by atomic mass is 10.0. The molecular formula is C25H29ClN4O3S2. The van der Waals surface area contributed by atoms with Crippen LogP contribution in [0.4, 0.5) is 5.13 Å². The average Bonchev–Trinajstić information content (AvgIpc) is 3.33. The van der Waals surface area contributed by atoms with Gasteiger partial charge in [-0.15, -0.1) is 0 Å². The first-order chi connectivity index (χ1) is 16.7. The van der Waals surface area contributed by atoms with Gasteiger partial charge >= 0.3 is 0 Å². The Morgan fingerprint density at radius 3 is 2.29 bits per heavy atom. The van der Waals surface area contributed by atoms with Gasteiger partial charge < -0.3 is 9.80 Å². The molecule has 2 aliphatic heterocycles. The van der Waals surface area contributed by atoms with Crippen LogP contribution in [0.5, 0.6) is 0 Å². The maximum Gasteiger partial charge on any atom is 0.253 e.